The predicted octanol–water partition coefficient (Wildman–Crippen LogP) is 3.51. The van der Waals surface area contributed by atoms with E-state index in [1.165, 1.54) is 17.3 Å². The van der Waals surface area contributed by atoms with E-state index in [1.54, 1.807) is 20.8 Å². The molecular formula is C36H54F2N6O6. The van der Waals surface area contributed by atoms with Gasteiger partial charge in [0.2, 0.25) is 11.8 Å². The number of carbonyl (C=O) groups excluding carboxylic acids is 5. The van der Waals surface area contributed by atoms with E-state index in [9.17, 15) is 29.1 Å². The van der Waals surface area contributed by atoms with Crippen LogP contribution in [0.4, 0.5) is 8.78 Å². The maximum atomic E-state index is 15.2. The lowest BCUT2D eigenvalue weighted by atomic mass is 9.74. The molecule has 12 nitrogen and oxygen atoms in total. The van der Waals surface area contributed by atoms with Gasteiger partial charge in [-0.25, -0.2) is 13.8 Å². The molecule has 4 amide bonds. The van der Waals surface area contributed by atoms with Crippen molar-refractivity contribution in [3.63, 3.8) is 0 Å². The minimum atomic E-state index is -3.08. The molecule has 4 aliphatic rings. The molecule has 0 spiro atoms. The molecule has 7 atom stereocenters. The van der Waals surface area contributed by atoms with E-state index < -0.39 is 83.4 Å². The van der Waals surface area contributed by atoms with Gasteiger partial charge in [0.05, 0.1) is 12.1 Å². The Morgan fingerprint density at radius 3 is 2.36 bits per heavy atom. The maximum Gasteiger partial charge on any atom is 0.287 e. The molecule has 0 bridgehead atoms. The molecule has 0 radical (unpaired) electrons. The van der Waals surface area contributed by atoms with Gasteiger partial charge in [-0.05, 0) is 55.8 Å². The monoisotopic (exact) mass is 704 g/mol. The predicted molar refractivity (Wildman–Crippen MR) is 180 cm³/mol. The van der Waals surface area contributed by atoms with E-state index in [0.717, 1.165) is 44.9 Å². The summed E-state index contributed by atoms with van der Waals surface area (Å²) in [6.07, 6.45) is 7.52. The van der Waals surface area contributed by atoms with Gasteiger partial charge in [-0.1, -0.05) is 53.4 Å². The van der Waals surface area contributed by atoms with Crippen molar-refractivity contribution < 1.29 is 37.9 Å². The summed E-state index contributed by atoms with van der Waals surface area (Å²) in [4.78, 5) is 76.7. The zero-order valence-electron chi connectivity index (χ0n) is 29.7. The Morgan fingerprint density at radius 2 is 1.76 bits per heavy atom. The topological polar surface area (TPSA) is 174 Å². The molecule has 5 rings (SSSR count). The van der Waals surface area contributed by atoms with Gasteiger partial charge < -0.3 is 30.9 Å². The summed E-state index contributed by atoms with van der Waals surface area (Å²) in [7, 11) is 0. The number of alkyl halides is 2. The highest BCUT2D eigenvalue weighted by Gasteiger charge is 2.61. The van der Waals surface area contributed by atoms with Crippen LogP contribution in [0.2, 0.25) is 0 Å². The Balaban J connectivity index is 1.39. The number of hydrogen-bond acceptors (Lipinski definition) is 7. The van der Waals surface area contributed by atoms with Crippen molar-refractivity contribution in [2.75, 3.05) is 6.54 Å². The standard InChI is InChI=1S/C36H54F2N6O6/c1-5-9-25(29(46)32(48)41-21-12-13-21)42-31(47)28-22-14-15-36(37,38)24(22)19-44(28)34(50)23(35(2,3)4)18-26(45)27(20-10-7-6-8-11-20)43-33(49)30-39-16-17-40-30/h16-17,20-25,27-29,46H,5-15,18-19H2,1-4H3,(H,39,40)(H,41,48)(H,42,47)(H,43,49)/t22-,23+,24-,25-,27-,28-,29?/m0/s1. The number of fused-ring (bicyclic) bond motifs is 1. The van der Waals surface area contributed by atoms with Crippen LogP contribution in [0.1, 0.15) is 115 Å². The molecule has 278 valence electrons. The summed E-state index contributed by atoms with van der Waals surface area (Å²) in [5, 5.41) is 19.3. The van der Waals surface area contributed by atoms with E-state index >= 15 is 8.78 Å². The van der Waals surface area contributed by atoms with E-state index in [0.29, 0.717) is 6.42 Å². The number of Topliss-reactive ketones (excluding diaryl/α,β-unsaturated/α-hetero) is 1. The zero-order valence-corrected chi connectivity index (χ0v) is 29.7. The second-order valence-corrected chi connectivity index (χ2v) is 16.0. The summed E-state index contributed by atoms with van der Waals surface area (Å²) < 4.78 is 30.5. The number of amides is 4. The Labute approximate surface area is 292 Å². The number of aromatic nitrogens is 2. The van der Waals surface area contributed by atoms with Gasteiger partial charge in [0.15, 0.2) is 17.7 Å². The molecule has 2 heterocycles. The minimum absolute atomic E-state index is 0.00670. The molecule has 0 aromatic carbocycles. The Kier molecular flexibility index (Phi) is 11.7. The second kappa shape index (κ2) is 15.4. The van der Waals surface area contributed by atoms with E-state index in [2.05, 4.69) is 25.9 Å². The molecule has 1 aromatic heterocycles. The average molecular weight is 705 g/mol. The van der Waals surface area contributed by atoms with Gasteiger partial charge in [-0.3, -0.25) is 24.0 Å². The van der Waals surface area contributed by atoms with Crippen molar-refractivity contribution >= 4 is 29.4 Å². The number of carbonyl (C=O) groups is 5. The second-order valence-electron chi connectivity index (χ2n) is 16.0. The SMILES string of the molecule is CCC[C@H](NC(=O)[C@@H]1[C@H]2CCC(F)(F)[C@H]2CN1C(=O)[C@@H](CC(=O)[C@@H](NC(=O)c1ncc[nH]1)C1CCCCC1)C(C)(C)C)C(O)C(=O)NC1CC1. The van der Waals surface area contributed by atoms with Gasteiger partial charge >= 0.3 is 0 Å². The summed E-state index contributed by atoms with van der Waals surface area (Å²) in [6.45, 7) is 6.89. The number of aliphatic hydroxyl groups is 1. The first-order valence-electron chi connectivity index (χ1n) is 18.4. The van der Waals surface area contributed by atoms with E-state index in [4.69, 9.17) is 0 Å². The van der Waals surface area contributed by atoms with Crippen molar-refractivity contribution in [2.45, 2.75) is 141 Å². The van der Waals surface area contributed by atoms with Crippen LogP contribution in [0.3, 0.4) is 0 Å². The smallest absolute Gasteiger partial charge is 0.287 e. The summed E-state index contributed by atoms with van der Waals surface area (Å²) in [5.41, 5.74) is -0.808. The maximum absolute atomic E-state index is 15.2. The molecule has 1 aromatic rings. The van der Waals surface area contributed by atoms with Crippen molar-refractivity contribution in [2.24, 2.45) is 29.1 Å². The number of nitrogens with one attached hydrogen (secondary N) is 4. The van der Waals surface area contributed by atoms with Gasteiger partial charge in [-0.2, -0.15) is 0 Å². The lowest BCUT2D eigenvalue weighted by Gasteiger charge is -2.37. The highest BCUT2D eigenvalue weighted by atomic mass is 19.3. The fraction of sp³-hybridized carbons (Fsp3) is 0.778. The molecule has 1 saturated heterocycles. The first-order chi connectivity index (χ1) is 23.6. The van der Waals surface area contributed by atoms with Crippen LogP contribution < -0.4 is 16.0 Å². The van der Waals surface area contributed by atoms with Crippen molar-refractivity contribution in [1.82, 2.24) is 30.8 Å². The van der Waals surface area contributed by atoms with Gasteiger partial charge in [-0.15, -0.1) is 0 Å². The van der Waals surface area contributed by atoms with Crippen LogP contribution in [0, 0.1) is 29.1 Å². The molecule has 3 aliphatic carbocycles. The molecule has 5 N–H and O–H groups in total. The quantitative estimate of drug-likeness (QED) is 0.197. The van der Waals surface area contributed by atoms with Crippen molar-refractivity contribution in [3.8, 4) is 0 Å². The highest BCUT2D eigenvalue weighted by Crippen LogP contribution is 2.52. The van der Waals surface area contributed by atoms with E-state index in [1.807, 2.05) is 6.92 Å². The first-order valence-corrected chi connectivity index (χ1v) is 18.4. The summed E-state index contributed by atoms with van der Waals surface area (Å²) in [6, 6.07) is -3.11. The van der Waals surface area contributed by atoms with Crippen LogP contribution in [0.15, 0.2) is 12.4 Å². The van der Waals surface area contributed by atoms with Gasteiger partial charge in [0.1, 0.15) is 6.04 Å². The number of rotatable bonds is 14. The van der Waals surface area contributed by atoms with Gasteiger partial charge in [0.25, 0.3) is 17.7 Å². The Morgan fingerprint density at radius 1 is 1.06 bits per heavy atom. The lowest BCUT2D eigenvalue weighted by Crippen LogP contribution is -2.57. The Bertz CT molecular complexity index is 1390. The molecule has 14 heteroatoms. The molecule has 1 unspecified atom stereocenters. The molecular weight excluding hydrogens is 650 g/mol. The van der Waals surface area contributed by atoms with Crippen LogP contribution in [0.25, 0.3) is 0 Å². The summed E-state index contributed by atoms with van der Waals surface area (Å²) >= 11 is 0. The third-order valence-corrected chi connectivity index (χ3v) is 11.3. The number of likely N-dealkylation sites (tertiary alicyclic amines) is 1. The highest BCUT2D eigenvalue weighted by molar-refractivity contribution is 5.98. The largest absolute Gasteiger partial charge is 0.381 e. The van der Waals surface area contributed by atoms with E-state index in [-0.39, 0.29) is 49.4 Å². The van der Waals surface area contributed by atoms with Crippen LogP contribution in [-0.2, 0) is 19.2 Å². The van der Waals surface area contributed by atoms with Crippen LogP contribution in [0.5, 0.6) is 0 Å². The Hall–Kier alpha value is -3.42. The number of imidazole rings is 1. The number of H-pyrrole nitrogens is 1. The number of aromatic amines is 1. The lowest BCUT2D eigenvalue weighted by molar-refractivity contribution is -0.148. The molecule has 4 fully saturated rings. The van der Waals surface area contributed by atoms with Crippen molar-refractivity contribution in [3.05, 3.63) is 18.2 Å². The number of hydrogen-bond donors (Lipinski definition) is 5. The fourth-order valence-corrected chi connectivity index (χ4v) is 8.23. The number of ketones is 1. The molecule has 3 saturated carbocycles. The third-order valence-electron chi connectivity index (χ3n) is 11.3. The number of aliphatic hydroxyl groups excluding tert-OH is 1. The first kappa shape index (κ1) is 37.8. The average Bonchev–Trinajstić information content (AvgIpc) is 3.43. The fourth-order valence-electron chi connectivity index (χ4n) is 8.23. The number of nitrogens with zero attached hydrogens (tertiary/aromatic N) is 2. The minimum Gasteiger partial charge on any atom is -0.381 e. The molecule has 1 aliphatic heterocycles. The van der Waals surface area contributed by atoms with Crippen molar-refractivity contribution in [1.29, 1.82) is 0 Å². The van der Waals surface area contributed by atoms with Crippen LogP contribution >= 0.6 is 0 Å². The number of halogens is 2. The normalized spacial score (nSPS) is 26.0. The van der Waals surface area contributed by atoms with Crippen LogP contribution in [-0.4, -0.2) is 92.1 Å². The zero-order chi connectivity index (χ0) is 36.4. The van der Waals surface area contributed by atoms with Gasteiger partial charge in [0, 0.05) is 49.7 Å². The third kappa shape index (κ3) is 8.54. The summed E-state index contributed by atoms with van der Waals surface area (Å²) in [5.74, 6) is -8.92. The molecule has 50 heavy (non-hydrogen) atoms.